The molecule has 3 aromatic rings. The number of H-pyrrole nitrogens is 1. The first kappa shape index (κ1) is 13.2. The van der Waals surface area contributed by atoms with Crippen LogP contribution >= 0.6 is 0 Å². The highest BCUT2D eigenvalue weighted by atomic mass is 16.1. The predicted molar refractivity (Wildman–Crippen MR) is 83.0 cm³/mol. The summed E-state index contributed by atoms with van der Waals surface area (Å²) in [5.41, 5.74) is 8.76. The van der Waals surface area contributed by atoms with Crippen molar-refractivity contribution in [1.29, 1.82) is 0 Å². The highest BCUT2D eigenvalue weighted by Crippen LogP contribution is 2.10. The molecule has 0 saturated heterocycles. The van der Waals surface area contributed by atoms with Gasteiger partial charge in [0.05, 0.1) is 11.0 Å². The van der Waals surface area contributed by atoms with Crippen molar-refractivity contribution in [2.45, 2.75) is 6.42 Å². The molecule has 0 saturated carbocycles. The van der Waals surface area contributed by atoms with Gasteiger partial charge in [0.2, 0.25) is 0 Å². The van der Waals surface area contributed by atoms with Crippen molar-refractivity contribution >= 4 is 22.6 Å². The fourth-order valence-electron chi connectivity index (χ4n) is 2.20. The number of rotatable bonds is 4. The van der Waals surface area contributed by atoms with Crippen molar-refractivity contribution in [3.8, 4) is 0 Å². The van der Waals surface area contributed by atoms with E-state index >= 15 is 0 Å². The lowest BCUT2D eigenvalue weighted by Crippen LogP contribution is -2.26. The molecule has 0 unspecified atom stereocenters. The number of aromatic amines is 1. The van der Waals surface area contributed by atoms with Crippen LogP contribution in [0.4, 0.5) is 5.69 Å². The van der Waals surface area contributed by atoms with Gasteiger partial charge in [-0.3, -0.25) is 4.79 Å². The van der Waals surface area contributed by atoms with Crippen LogP contribution in [0.15, 0.2) is 48.5 Å². The van der Waals surface area contributed by atoms with E-state index in [9.17, 15) is 4.79 Å². The zero-order chi connectivity index (χ0) is 14.7. The second-order valence-electron chi connectivity index (χ2n) is 4.83. The molecular weight excluding hydrogens is 264 g/mol. The molecule has 1 amide bonds. The molecule has 106 valence electrons. The Morgan fingerprint density at radius 2 is 2.05 bits per heavy atom. The third kappa shape index (κ3) is 3.02. The van der Waals surface area contributed by atoms with E-state index < -0.39 is 0 Å². The zero-order valence-corrected chi connectivity index (χ0v) is 11.5. The molecule has 0 spiro atoms. The van der Waals surface area contributed by atoms with E-state index in [1.807, 2.05) is 24.3 Å². The van der Waals surface area contributed by atoms with Gasteiger partial charge in [0, 0.05) is 24.2 Å². The fourth-order valence-corrected chi connectivity index (χ4v) is 2.20. The molecule has 0 atom stereocenters. The number of nitrogens with zero attached hydrogens (tertiary/aromatic N) is 1. The summed E-state index contributed by atoms with van der Waals surface area (Å²) in [5, 5.41) is 2.86. The first-order chi connectivity index (χ1) is 10.2. The quantitative estimate of drug-likeness (QED) is 0.640. The lowest BCUT2D eigenvalue weighted by Gasteiger charge is -2.04. The van der Waals surface area contributed by atoms with E-state index in [0.717, 1.165) is 16.9 Å². The number of carbonyl (C=O) groups is 1. The Kier molecular flexibility index (Phi) is 3.55. The average molecular weight is 280 g/mol. The fraction of sp³-hybridized carbons (Fsp3) is 0.125. The van der Waals surface area contributed by atoms with Crippen LogP contribution in [0, 0.1) is 0 Å². The largest absolute Gasteiger partial charge is 0.399 e. The van der Waals surface area contributed by atoms with Gasteiger partial charge < -0.3 is 16.0 Å². The number of hydrogen-bond donors (Lipinski definition) is 3. The number of nitrogen functional groups attached to an aromatic ring is 1. The molecule has 1 aromatic heterocycles. The first-order valence-corrected chi connectivity index (χ1v) is 6.80. The van der Waals surface area contributed by atoms with Gasteiger partial charge in [-0.05, 0) is 30.3 Å². The van der Waals surface area contributed by atoms with E-state index in [1.165, 1.54) is 0 Å². The monoisotopic (exact) mass is 280 g/mol. The van der Waals surface area contributed by atoms with Crippen LogP contribution in [-0.2, 0) is 6.42 Å². The Bertz CT molecular complexity index is 746. The van der Waals surface area contributed by atoms with Gasteiger partial charge in [-0.2, -0.15) is 0 Å². The van der Waals surface area contributed by atoms with Crippen molar-refractivity contribution in [1.82, 2.24) is 15.3 Å². The van der Waals surface area contributed by atoms with Crippen molar-refractivity contribution in [3.05, 3.63) is 59.9 Å². The number of fused-ring (bicyclic) bond motifs is 1. The second-order valence-corrected chi connectivity index (χ2v) is 4.83. The second kappa shape index (κ2) is 5.66. The lowest BCUT2D eigenvalue weighted by atomic mass is 10.2. The molecule has 4 N–H and O–H groups in total. The number of nitrogens with two attached hydrogens (primary N) is 1. The molecule has 0 aliphatic heterocycles. The van der Waals surface area contributed by atoms with Crippen molar-refractivity contribution in [2.24, 2.45) is 0 Å². The number of imidazole rings is 1. The van der Waals surface area contributed by atoms with Crippen molar-refractivity contribution in [3.63, 3.8) is 0 Å². The molecule has 5 heteroatoms. The van der Waals surface area contributed by atoms with E-state index in [2.05, 4.69) is 15.3 Å². The summed E-state index contributed by atoms with van der Waals surface area (Å²) >= 11 is 0. The summed E-state index contributed by atoms with van der Waals surface area (Å²) in [4.78, 5) is 19.7. The smallest absolute Gasteiger partial charge is 0.251 e. The van der Waals surface area contributed by atoms with E-state index in [4.69, 9.17) is 5.73 Å². The summed E-state index contributed by atoms with van der Waals surface area (Å²) in [6.45, 7) is 0.521. The highest BCUT2D eigenvalue weighted by molar-refractivity contribution is 5.94. The van der Waals surface area contributed by atoms with Crippen LogP contribution < -0.4 is 11.1 Å². The van der Waals surface area contributed by atoms with Gasteiger partial charge >= 0.3 is 0 Å². The number of aromatic nitrogens is 2. The third-order valence-corrected chi connectivity index (χ3v) is 3.23. The Morgan fingerprint density at radius 3 is 2.86 bits per heavy atom. The van der Waals surface area contributed by atoms with Crippen LogP contribution in [0.3, 0.4) is 0 Å². The number of para-hydroxylation sites is 2. The molecule has 21 heavy (non-hydrogen) atoms. The van der Waals surface area contributed by atoms with Crippen LogP contribution in [-0.4, -0.2) is 22.4 Å². The minimum Gasteiger partial charge on any atom is -0.399 e. The minimum atomic E-state index is -0.126. The van der Waals surface area contributed by atoms with Crippen LogP contribution in [0.5, 0.6) is 0 Å². The molecule has 5 nitrogen and oxygen atoms in total. The summed E-state index contributed by atoms with van der Waals surface area (Å²) < 4.78 is 0. The molecule has 1 heterocycles. The summed E-state index contributed by atoms with van der Waals surface area (Å²) in [5.74, 6) is 0.738. The Labute approximate surface area is 122 Å². The lowest BCUT2D eigenvalue weighted by molar-refractivity contribution is 0.0954. The number of carbonyl (C=O) groups excluding carboxylic acids is 1. The number of anilines is 1. The number of benzene rings is 2. The Balaban J connectivity index is 1.59. The van der Waals surface area contributed by atoms with Gasteiger partial charge in [-0.1, -0.05) is 18.2 Å². The Morgan fingerprint density at radius 1 is 1.19 bits per heavy atom. The number of hydrogen-bond acceptors (Lipinski definition) is 3. The van der Waals surface area contributed by atoms with Crippen molar-refractivity contribution in [2.75, 3.05) is 12.3 Å². The summed E-state index contributed by atoms with van der Waals surface area (Å²) in [6.07, 6.45) is 0.655. The molecule has 0 bridgehead atoms. The average Bonchev–Trinajstić information content (AvgIpc) is 2.89. The maximum absolute atomic E-state index is 12.0. The topological polar surface area (TPSA) is 83.8 Å². The number of amides is 1. The highest BCUT2D eigenvalue weighted by Gasteiger charge is 2.06. The molecule has 0 aliphatic rings. The number of nitrogens with one attached hydrogen (secondary N) is 2. The molecule has 0 aliphatic carbocycles. The maximum Gasteiger partial charge on any atom is 0.251 e. The van der Waals surface area contributed by atoms with Crippen molar-refractivity contribution < 1.29 is 4.79 Å². The minimum absolute atomic E-state index is 0.126. The summed E-state index contributed by atoms with van der Waals surface area (Å²) in [6, 6.07) is 14.8. The SMILES string of the molecule is Nc1cccc(C(=O)NCCc2nc3ccccc3[nH]2)c1. The Hall–Kier alpha value is -2.82. The standard InChI is InChI=1S/C16H16N4O/c17-12-5-3-4-11(10-12)16(21)18-9-8-15-19-13-6-1-2-7-14(13)20-15/h1-7,10H,8-9,17H2,(H,18,21)(H,19,20). The normalized spacial score (nSPS) is 10.7. The zero-order valence-electron chi connectivity index (χ0n) is 11.5. The first-order valence-electron chi connectivity index (χ1n) is 6.80. The van der Waals surface area contributed by atoms with Crippen LogP contribution in [0.25, 0.3) is 11.0 Å². The van der Waals surface area contributed by atoms with E-state index in [1.54, 1.807) is 24.3 Å². The van der Waals surface area contributed by atoms with Gasteiger partial charge in [-0.25, -0.2) is 4.98 Å². The van der Waals surface area contributed by atoms with Gasteiger partial charge in [0.1, 0.15) is 5.82 Å². The molecule has 0 radical (unpaired) electrons. The molecular formula is C16H16N4O. The van der Waals surface area contributed by atoms with Gasteiger partial charge in [0.15, 0.2) is 0 Å². The van der Waals surface area contributed by atoms with E-state index in [-0.39, 0.29) is 5.91 Å². The third-order valence-electron chi connectivity index (χ3n) is 3.23. The molecule has 3 rings (SSSR count). The van der Waals surface area contributed by atoms with Crippen LogP contribution in [0.2, 0.25) is 0 Å². The molecule has 2 aromatic carbocycles. The molecule has 0 fully saturated rings. The predicted octanol–water partition coefficient (Wildman–Crippen LogP) is 2.12. The van der Waals surface area contributed by atoms with E-state index in [0.29, 0.717) is 24.2 Å². The van der Waals surface area contributed by atoms with Gasteiger partial charge in [-0.15, -0.1) is 0 Å². The maximum atomic E-state index is 12.0. The summed E-state index contributed by atoms with van der Waals surface area (Å²) in [7, 11) is 0. The van der Waals surface area contributed by atoms with Gasteiger partial charge in [0.25, 0.3) is 5.91 Å². The van der Waals surface area contributed by atoms with Crippen LogP contribution in [0.1, 0.15) is 16.2 Å².